The van der Waals surface area contributed by atoms with Gasteiger partial charge in [0, 0.05) is 48.6 Å². The second-order valence-electron chi connectivity index (χ2n) is 11.6. The van der Waals surface area contributed by atoms with Gasteiger partial charge in [-0.15, -0.1) is 11.8 Å². The molecule has 1 heterocycles. The molecule has 0 bridgehead atoms. The van der Waals surface area contributed by atoms with Crippen LogP contribution in [0.25, 0.3) is 0 Å². The second-order valence-corrected chi connectivity index (χ2v) is 13.9. The van der Waals surface area contributed by atoms with E-state index in [1.165, 1.54) is 36.8 Å². The summed E-state index contributed by atoms with van der Waals surface area (Å²) in [5.41, 5.74) is 4.79. The summed E-state index contributed by atoms with van der Waals surface area (Å²) in [4.78, 5) is 16.4. The smallest absolute Gasteiger partial charge is 0.261 e. The average Bonchev–Trinajstić information content (AvgIpc) is 3.10. The first kappa shape index (κ1) is 32.2. The maximum atomic E-state index is 14.9. The van der Waals surface area contributed by atoms with E-state index < -0.39 is 0 Å². The molecule has 1 aliphatic heterocycles. The number of likely N-dealkylation sites (N-methyl/N-ethyl adjacent to an activating group) is 1. The third-order valence-corrected chi connectivity index (χ3v) is 11.0. The lowest BCUT2D eigenvalue weighted by Crippen LogP contribution is -2.29. The maximum Gasteiger partial charge on any atom is 0.261 e. The Bertz CT molecular complexity index is 1240. The zero-order valence-corrected chi connectivity index (χ0v) is 27.4. The van der Waals surface area contributed by atoms with Crippen LogP contribution in [-0.2, 0) is 11.2 Å². The molecule has 0 aromatic heterocycles. The molecule has 1 saturated carbocycles. The zero-order valence-electron chi connectivity index (χ0n) is 25.0. The van der Waals surface area contributed by atoms with Crippen molar-refractivity contribution in [2.75, 3.05) is 37.1 Å². The molecule has 4 nitrogen and oxygen atoms in total. The standard InChI is InChI=1S/C33H44ClFN2O2S2/c1-6-8-27-26(14-15-28(34)31(27)35)25-18-37(4)29-17-24(13-16-30(29)40-20-25)33(38)36-41-19-21(2)11-12-22(3)32(39-5)23-9-7-10-23/h12-17,21,23,25,32H,6-11,18-20H2,1-5H3,(H,36,38)/b22-12+. The summed E-state index contributed by atoms with van der Waals surface area (Å²) < 4.78 is 23.7. The Morgan fingerprint density at radius 2 is 2.10 bits per heavy atom. The van der Waals surface area contributed by atoms with Crippen molar-refractivity contribution in [1.82, 2.24) is 4.72 Å². The highest BCUT2D eigenvalue weighted by Crippen LogP contribution is 2.40. The Labute approximate surface area is 259 Å². The van der Waals surface area contributed by atoms with Crippen molar-refractivity contribution in [2.45, 2.75) is 76.2 Å². The van der Waals surface area contributed by atoms with Crippen LogP contribution in [0.1, 0.15) is 80.3 Å². The van der Waals surface area contributed by atoms with Crippen molar-refractivity contribution in [3.8, 4) is 0 Å². The van der Waals surface area contributed by atoms with Gasteiger partial charge >= 0.3 is 0 Å². The molecule has 2 aliphatic rings. The number of amides is 1. The average molecular weight is 619 g/mol. The second kappa shape index (κ2) is 15.2. The minimum atomic E-state index is -0.287. The van der Waals surface area contributed by atoms with Gasteiger partial charge in [0.05, 0.1) is 16.8 Å². The number of nitrogens with one attached hydrogen (secondary N) is 1. The van der Waals surface area contributed by atoms with Crippen molar-refractivity contribution in [1.29, 1.82) is 0 Å². The molecular weight excluding hydrogens is 575 g/mol. The number of hydrogen-bond acceptors (Lipinski definition) is 5. The minimum absolute atomic E-state index is 0.0784. The molecule has 1 fully saturated rings. The Balaban J connectivity index is 1.33. The molecule has 8 heteroatoms. The Morgan fingerprint density at radius 3 is 2.78 bits per heavy atom. The van der Waals surface area contributed by atoms with E-state index in [0.29, 0.717) is 23.8 Å². The number of hydrogen-bond donors (Lipinski definition) is 1. The molecule has 1 N–H and O–H groups in total. The predicted molar refractivity (Wildman–Crippen MR) is 174 cm³/mol. The highest BCUT2D eigenvalue weighted by molar-refractivity contribution is 7.99. The largest absolute Gasteiger partial charge is 0.377 e. The third kappa shape index (κ3) is 8.04. The van der Waals surface area contributed by atoms with Crippen LogP contribution in [0, 0.1) is 17.7 Å². The molecule has 41 heavy (non-hydrogen) atoms. The first-order chi connectivity index (χ1) is 19.7. The molecule has 0 spiro atoms. The molecule has 2 aromatic rings. The summed E-state index contributed by atoms with van der Waals surface area (Å²) in [7, 11) is 3.87. The van der Waals surface area contributed by atoms with Crippen LogP contribution in [0.3, 0.4) is 0 Å². The third-order valence-electron chi connectivity index (χ3n) is 8.39. The molecule has 2 aromatic carbocycles. The summed E-state index contributed by atoms with van der Waals surface area (Å²) in [5, 5.41) is 0.188. The van der Waals surface area contributed by atoms with Gasteiger partial charge in [0.15, 0.2) is 0 Å². The Kier molecular flexibility index (Phi) is 11.9. The summed E-state index contributed by atoms with van der Waals surface area (Å²) in [6.45, 7) is 7.21. The fourth-order valence-corrected chi connectivity index (χ4v) is 7.93. The number of ether oxygens (including phenoxy) is 1. The normalized spacial score (nSPS) is 19.2. The van der Waals surface area contributed by atoms with E-state index in [-0.39, 0.29) is 28.8 Å². The van der Waals surface area contributed by atoms with Gasteiger partial charge in [-0.3, -0.25) is 9.52 Å². The van der Waals surface area contributed by atoms with Crippen LogP contribution in [-0.4, -0.2) is 44.2 Å². The van der Waals surface area contributed by atoms with E-state index in [9.17, 15) is 9.18 Å². The van der Waals surface area contributed by atoms with E-state index in [2.05, 4.69) is 43.5 Å². The number of halogens is 2. The van der Waals surface area contributed by atoms with E-state index >= 15 is 0 Å². The molecular formula is C33H44ClFN2O2S2. The summed E-state index contributed by atoms with van der Waals surface area (Å²) >= 11 is 9.36. The van der Waals surface area contributed by atoms with Crippen molar-refractivity contribution in [3.05, 3.63) is 69.5 Å². The van der Waals surface area contributed by atoms with Gasteiger partial charge in [-0.25, -0.2) is 4.39 Å². The lowest BCUT2D eigenvalue weighted by Gasteiger charge is -2.33. The molecule has 224 valence electrons. The molecule has 3 unspecified atom stereocenters. The van der Waals surface area contributed by atoms with Crippen LogP contribution in [0.5, 0.6) is 0 Å². The van der Waals surface area contributed by atoms with E-state index in [4.69, 9.17) is 16.3 Å². The van der Waals surface area contributed by atoms with Crippen LogP contribution in [0.4, 0.5) is 10.1 Å². The van der Waals surface area contributed by atoms with Crippen LogP contribution in [0.15, 0.2) is 46.9 Å². The number of carbonyl (C=O) groups is 1. The topological polar surface area (TPSA) is 41.6 Å². The zero-order chi connectivity index (χ0) is 29.5. The first-order valence-corrected chi connectivity index (χ1v) is 17.1. The Hall–Kier alpha value is -1.67. The van der Waals surface area contributed by atoms with Gasteiger partial charge < -0.3 is 9.64 Å². The maximum absolute atomic E-state index is 14.9. The van der Waals surface area contributed by atoms with Gasteiger partial charge in [0.2, 0.25) is 0 Å². The number of fused-ring (bicyclic) bond motifs is 1. The number of thioether (sulfide) groups is 1. The number of methoxy groups -OCH3 is 1. The van der Waals surface area contributed by atoms with Crippen LogP contribution in [0.2, 0.25) is 5.02 Å². The molecule has 1 amide bonds. The van der Waals surface area contributed by atoms with Crippen molar-refractivity contribution >= 4 is 46.9 Å². The summed E-state index contributed by atoms with van der Waals surface area (Å²) in [6, 6.07) is 9.60. The number of rotatable bonds is 12. The molecule has 4 rings (SSSR count). The van der Waals surface area contributed by atoms with Gasteiger partial charge in [0.1, 0.15) is 5.82 Å². The molecule has 1 aliphatic carbocycles. The van der Waals surface area contributed by atoms with Crippen LogP contribution < -0.4 is 9.62 Å². The quantitative estimate of drug-likeness (QED) is 0.190. The Morgan fingerprint density at radius 1 is 1.32 bits per heavy atom. The number of anilines is 1. The predicted octanol–water partition coefficient (Wildman–Crippen LogP) is 8.92. The first-order valence-electron chi connectivity index (χ1n) is 14.8. The highest BCUT2D eigenvalue weighted by Gasteiger charge is 2.28. The van der Waals surface area contributed by atoms with Crippen molar-refractivity contribution in [2.24, 2.45) is 11.8 Å². The lowest BCUT2D eigenvalue weighted by atomic mass is 9.78. The van der Waals surface area contributed by atoms with Gasteiger partial charge in [0.25, 0.3) is 5.91 Å². The van der Waals surface area contributed by atoms with Gasteiger partial charge in [-0.05, 0) is 97.4 Å². The highest BCUT2D eigenvalue weighted by atomic mass is 35.5. The van der Waals surface area contributed by atoms with Gasteiger partial charge in [-0.2, -0.15) is 0 Å². The molecule has 0 saturated heterocycles. The fraction of sp³-hybridized carbons (Fsp3) is 0.545. The number of benzene rings is 2. The lowest BCUT2D eigenvalue weighted by molar-refractivity contribution is 0.0451. The molecule has 3 atom stereocenters. The van der Waals surface area contributed by atoms with E-state index in [0.717, 1.165) is 52.6 Å². The fourth-order valence-electron chi connectivity index (χ4n) is 5.81. The number of nitrogens with zero attached hydrogens (tertiary/aromatic N) is 1. The summed E-state index contributed by atoms with van der Waals surface area (Å²) in [6.07, 6.45) is 8.91. The van der Waals surface area contributed by atoms with Crippen molar-refractivity contribution < 1.29 is 13.9 Å². The molecule has 0 radical (unpaired) electrons. The minimum Gasteiger partial charge on any atom is -0.377 e. The number of allylic oxidation sites excluding steroid dienone is 1. The van der Waals surface area contributed by atoms with E-state index in [1.807, 2.05) is 31.4 Å². The monoisotopic (exact) mass is 618 g/mol. The number of carbonyl (C=O) groups excluding carboxylic acids is 1. The van der Waals surface area contributed by atoms with E-state index in [1.54, 1.807) is 17.8 Å². The van der Waals surface area contributed by atoms with Crippen LogP contribution >= 0.6 is 35.3 Å². The van der Waals surface area contributed by atoms with Crippen molar-refractivity contribution in [3.63, 3.8) is 0 Å². The van der Waals surface area contributed by atoms with Gasteiger partial charge in [-0.1, -0.05) is 50.4 Å². The summed E-state index contributed by atoms with van der Waals surface area (Å²) in [5.74, 6) is 2.59. The SMILES string of the molecule is CCCc1c(C2CSc3ccc(C(=O)NSCC(C)C/C=C(\C)C(OC)C4CCC4)cc3N(C)C2)ccc(Cl)c1F.